The monoisotopic (exact) mass is 255 g/mol. The summed E-state index contributed by atoms with van der Waals surface area (Å²) in [4.78, 5) is 10.3. The van der Waals surface area contributed by atoms with Gasteiger partial charge in [0.2, 0.25) is 0 Å². The summed E-state index contributed by atoms with van der Waals surface area (Å²) in [6.07, 6.45) is 3.31. The highest BCUT2D eigenvalue weighted by atomic mass is 16.5. The molecule has 0 heterocycles. The van der Waals surface area contributed by atoms with E-state index in [1.807, 2.05) is 6.07 Å². The van der Waals surface area contributed by atoms with Gasteiger partial charge in [-0.15, -0.1) is 0 Å². The molecule has 0 N–H and O–H groups in total. The van der Waals surface area contributed by atoms with Crippen molar-refractivity contribution in [3.63, 3.8) is 0 Å². The first-order valence-electron chi connectivity index (χ1n) is 6.83. The molecule has 0 amide bonds. The van der Waals surface area contributed by atoms with E-state index in [2.05, 4.69) is 43.3 Å². The van der Waals surface area contributed by atoms with Crippen molar-refractivity contribution < 1.29 is 9.53 Å². The summed E-state index contributed by atoms with van der Waals surface area (Å²) < 4.78 is 4.89. The Morgan fingerprint density at radius 2 is 1.95 bits per heavy atom. The lowest BCUT2D eigenvalue weighted by Crippen LogP contribution is -2.08. The van der Waals surface area contributed by atoms with Crippen LogP contribution in [0, 0.1) is 0 Å². The molecular formula is C17H19O2. The average molecular weight is 255 g/mol. The van der Waals surface area contributed by atoms with Gasteiger partial charge in [-0.25, -0.2) is 4.79 Å². The fraction of sp³-hybridized carbons (Fsp3) is 0.353. The number of fused-ring (bicyclic) bond motifs is 1. The van der Waals surface area contributed by atoms with Crippen LogP contribution in [0.15, 0.2) is 42.5 Å². The summed E-state index contributed by atoms with van der Waals surface area (Å²) in [5.41, 5.74) is 1.27. The molecule has 0 aliphatic rings. The molecule has 0 saturated heterocycles. The number of hydrogen-bond acceptors (Lipinski definition) is 2. The molecule has 99 valence electrons. The van der Waals surface area contributed by atoms with Crippen LogP contribution in [-0.2, 0) is 9.53 Å². The number of unbranched alkanes of at least 4 members (excludes halogenated alkanes) is 1. The normalized spacial score (nSPS) is 12.3. The van der Waals surface area contributed by atoms with Crippen LogP contribution in [0.2, 0.25) is 0 Å². The molecule has 0 aromatic heterocycles. The third-order valence-corrected chi connectivity index (χ3v) is 3.51. The number of rotatable bonds is 7. The lowest BCUT2D eigenvalue weighted by molar-refractivity contribution is 0.249. The van der Waals surface area contributed by atoms with Crippen molar-refractivity contribution in [1.29, 1.82) is 0 Å². The fourth-order valence-corrected chi connectivity index (χ4v) is 2.52. The summed E-state index contributed by atoms with van der Waals surface area (Å²) in [6, 6.07) is 14.7. The molecule has 1 unspecified atom stereocenters. The van der Waals surface area contributed by atoms with E-state index in [0.717, 1.165) is 19.3 Å². The summed E-state index contributed by atoms with van der Waals surface area (Å²) in [5, 5.41) is 2.48. The molecule has 2 rings (SSSR count). The summed E-state index contributed by atoms with van der Waals surface area (Å²) in [5.74, 6) is 0.257. The van der Waals surface area contributed by atoms with Gasteiger partial charge < -0.3 is 4.74 Å². The molecule has 1 radical (unpaired) electrons. The smallest absolute Gasteiger partial charge is 0.417 e. The van der Waals surface area contributed by atoms with Gasteiger partial charge in [-0.3, -0.25) is 0 Å². The number of ether oxygens (including phenoxy) is 1. The van der Waals surface area contributed by atoms with E-state index in [1.165, 1.54) is 16.3 Å². The Morgan fingerprint density at radius 1 is 1.16 bits per heavy atom. The Hall–Kier alpha value is -1.83. The molecule has 0 aliphatic heterocycles. The van der Waals surface area contributed by atoms with Gasteiger partial charge >= 0.3 is 6.47 Å². The van der Waals surface area contributed by atoms with Crippen molar-refractivity contribution in [3.05, 3.63) is 48.0 Å². The molecular weight excluding hydrogens is 236 g/mol. The summed E-state index contributed by atoms with van der Waals surface area (Å²) in [6.45, 7) is 4.13. The van der Waals surface area contributed by atoms with Crippen LogP contribution in [0.1, 0.15) is 37.7 Å². The van der Waals surface area contributed by atoms with Crippen LogP contribution in [0.5, 0.6) is 0 Å². The van der Waals surface area contributed by atoms with Gasteiger partial charge in [-0.05, 0) is 22.8 Å². The fourth-order valence-electron chi connectivity index (χ4n) is 2.52. The van der Waals surface area contributed by atoms with E-state index in [-0.39, 0.29) is 5.92 Å². The Labute approximate surface area is 114 Å². The third kappa shape index (κ3) is 3.34. The van der Waals surface area contributed by atoms with Gasteiger partial charge in [0.05, 0.1) is 6.61 Å². The second-order valence-corrected chi connectivity index (χ2v) is 4.80. The number of hydrogen-bond donors (Lipinski definition) is 0. The largest absolute Gasteiger partial charge is 0.457 e. The molecule has 19 heavy (non-hydrogen) atoms. The minimum Gasteiger partial charge on any atom is -0.457 e. The molecule has 0 saturated carbocycles. The predicted molar refractivity (Wildman–Crippen MR) is 77.9 cm³/mol. The van der Waals surface area contributed by atoms with E-state index in [0.29, 0.717) is 6.61 Å². The molecule has 0 bridgehead atoms. The van der Waals surface area contributed by atoms with Gasteiger partial charge in [0.1, 0.15) is 0 Å². The highest BCUT2D eigenvalue weighted by molar-refractivity contribution is 5.86. The van der Waals surface area contributed by atoms with Crippen LogP contribution >= 0.6 is 0 Å². The van der Waals surface area contributed by atoms with Gasteiger partial charge in [0, 0.05) is 5.92 Å². The SMILES string of the molecule is CCCCC(CO[C]=O)c1cccc2ccccc12. The lowest BCUT2D eigenvalue weighted by atomic mass is 9.90. The molecule has 1 atom stereocenters. The molecule has 0 spiro atoms. The van der Waals surface area contributed by atoms with Crippen molar-refractivity contribution in [2.75, 3.05) is 6.61 Å². The van der Waals surface area contributed by atoms with E-state index >= 15 is 0 Å². The summed E-state index contributed by atoms with van der Waals surface area (Å²) >= 11 is 0. The predicted octanol–water partition coefficient (Wildman–Crippen LogP) is 4.20. The molecule has 2 heteroatoms. The van der Waals surface area contributed by atoms with Crippen molar-refractivity contribution in [2.45, 2.75) is 32.1 Å². The Kier molecular flexibility index (Phi) is 4.96. The topological polar surface area (TPSA) is 26.3 Å². The zero-order chi connectivity index (χ0) is 13.5. The second-order valence-electron chi connectivity index (χ2n) is 4.80. The minimum atomic E-state index is 0.257. The molecule has 0 aliphatic carbocycles. The van der Waals surface area contributed by atoms with Crippen LogP contribution in [-0.4, -0.2) is 13.1 Å². The molecule has 2 aromatic rings. The van der Waals surface area contributed by atoms with E-state index < -0.39 is 0 Å². The van der Waals surface area contributed by atoms with Gasteiger partial charge in [-0.2, -0.15) is 0 Å². The van der Waals surface area contributed by atoms with Crippen molar-refractivity contribution in [3.8, 4) is 0 Å². The maximum atomic E-state index is 10.3. The number of benzene rings is 2. The quantitative estimate of drug-likeness (QED) is 0.741. The highest BCUT2D eigenvalue weighted by Gasteiger charge is 2.14. The van der Waals surface area contributed by atoms with Crippen molar-refractivity contribution in [2.24, 2.45) is 0 Å². The van der Waals surface area contributed by atoms with Crippen molar-refractivity contribution in [1.82, 2.24) is 0 Å². The molecule has 0 fully saturated rings. The van der Waals surface area contributed by atoms with Crippen molar-refractivity contribution >= 4 is 17.2 Å². The van der Waals surface area contributed by atoms with E-state index in [4.69, 9.17) is 4.74 Å². The maximum Gasteiger partial charge on any atom is 0.417 e. The van der Waals surface area contributed by atoms with Gasteiger partial charge in [0.15, 0.2) is 0 Å². The first-order valence-corrected chi connectivity index (χ1v) is 6.83. The van der Waals surface area contributed by atoms with Gasteiger partial charge in [-0.1, -0.05) is 62.2 Å². The van der Waals surface area contributed by atoms with Gasteiger partial charge in [0.25, 0.3) is 0 Å². The minimum absolute atomic E-state index is 0.257. The third-order valence-electron chi connectivity index (χ3n) is 3.51. The highest BCUT2D eigenvalue weighted by Crippen LogP contribution is 2.29. The van der Waals surface area contributed by atoms with E-state index in [1.54, 1.807) is 6.47 Å². The summed E-state index contributed by atoms with van der Waals surface area (Å²) in [7, 11) is 0. The Balaban J connectivity index is 2.33. The number of carbonyl (C=O) groups excluding carboxylic acids is 1. The van der Waals surface area contributed by atoms with E-state index in [9.17, 15) is 4.79 Å². The second kappa shape index (κ2) is 6.93. The van der Waals surface area contributed by atoms with Crippen LogP contribution in [0.25, 0.3) is 10.8 Å². The zero-order valence-corrected chi connectivity index (χ0v) is 11.3. The zero-order valence-electron chi connectivity index (χ0n) is 11.3. The van der Waals surface area contributed by atoms with Crippen LogP contribution in [0.4, 0.5) is 0 Å². The van der Waals surface area contributed by atoms with Crippen LogP contribution < -0.4 is 0 Å². The maximum absolute atomic E-state index is 10.3. The first kappa shape index (κ1) is 13.6. The van der Waals surface area contributed by atoms with Crippen LogP contribution in [0.3, 0.4) is 0 Å². The Morgan fingerprint density at radius 3 is 2.74 bits per heavy atom. The molecule has 2 nitrogen and oxygen atoms in total. The average Bonchev–Trinajstić information content (AvgIpc) is 2.47. The standard InChI is InChI=1S/C17H19O2/c1-2-3-7-15(12-19-13-18)17-11-6-9-14-8-4-5-10-16(14)17/h4-6,8-11,15H,2-3,7,12H2,1H3. The molecule has 2 aromatic carbocycles. The lowest BCUT2D eigenvalue weighted by Gasteiger charge is -2.17. The Bertz CT molecular complexity index is 528. The first-order chi connectivity index (χ1) is 9.36.